The van der Waals surface area contributed by atoms with Crippen LogP contribution in [0.3, 0.4) is 0 Å². The number of hydrogen-bond acceptors (Lipinski definition) is 5. The number of rotatable bonds is 4. The third-order valence-electron chi connectivity index (χ3n) is 5.12. The summed E-state index contributed by atoms with van der Waals surface area (Å²) in [6.45, 7) is 1.38. The molecular weight excluding hydrogens is 382 g/mol. The van der Waals surface area contributed by atoms with E-state index in [1.54, 1.807) is 37.3 Å². The van der Waals surface area contributed by atoms with Crippen molar-refractivity contribution in [3.05, 3.63) is 82.1 Å². The summed E-state index contributed by atoms with van der Waals surface area (Å²) >= 11 is 0. The average molecular weight is 401 g/mol. The predicted octanol–water partition coefficient (Wildman–Crippen LogP) is 2.59. The molecule has 0 aromatic heterocycles. The highest BCUT2D eigenvalue weighted by Crippen LogP contribution is 2.47. The van der Waals surface area contributed by atoms with E-state index >= 15 is 0 Å². The summed E-state index contributed by atoms with van der Waals surface area (Å²) in [5.74, 6) is 4.91. The van der Waals surface area contributed by atoms with E-state index in [2.05, 4.69) is 5.32 Å². The number of carbonyl (C=O) groups is 1. The Balaban J connectivity index is 2.22. The van der Waals surface area contributed by atoms with E-state index in [0.717, 1.165) is 5.56 Å². The number of methoxy groups -OCH3 is 1. The molecule has 2 aliphatic rings. The molecule has 0 fully saturated rings. The Morgan fingerprint density at radius 3 is 2.50 bits per heavy atom. The van der Waals surface area contributed by atoms with Gasteiger partial charge in [0.15, 0.2) is 0 Å². The molecule has 6 nitrogen and oxygen atoms in total. The van der Waals surface area contributed by atoms with Crippen LogP contribution in [0, 0.1) is 5.92 Å². The largest absolute Gasteiger partial charge is 0.496 e. The van der Waals surface area contributed by atoms with Crippen molar-refractivity contribution in [3.8, 4) is 5.75 Å². The van der Waals surface area contributed by atoms with Crippen LogP contribution in [0.4, 0.5) is 0 Å². The van der Waals surface area contributed by atoms with Gasteiger partial charge in [-0.25, -0.2) is 14.4 Å². The fourth-order valence-corrected chi connectivity index (χ4v) is 3.87. The molecule has 2 aliphatic carbocycles. The summed E-state index contributed by atoms with van der Waals surface area (Å²) in [7, 11) is 1.55. The van der Waals surface area contributed by atoms with Crippen LogP contribution in [-0.2, 0) is 19.2 Å². The summed E-state index contributed by atoms with van der Waals surface area (Å²) < 4.78 is 5.48. The molecule has 0 spiro atoms. The molecule has 2 atom stereocenters. The quantitative estimate of drug-likeness (QED) is 0.784. The minimum absolute atomic E-state index is 0.0870. The van der Waals surface area contributed by atoms with Gasteiger partial charge in [0.05, 0.1) is 18.3 Å². The van der Waals surface area contributed by atoms with Crippen LogP contribution < -0.4 is 10.1 Å². The number of benzene rings is 1. The number of para-hydroxylation sites is 1. The van der Waals surface area contributed by atoms with Crippen LogP contribution in [0.15, 0.2) is 76.6 Å². The van der Waals surface area contributed by atoms with Gasteiger partial charge < -0.3 is 10.1 Å². The minimum atomic E-state index is -0.660. The lowest BCUT2D eigenvalue weighted by atomic mass is 9.68. The smallest absolute Gasteiger partial charge is 0.221 e. The molecule has 1 aromatic carbocycles. The Bertz CT molecular complexity index is 1130. The van der Waals surface area contributed by atoms with Crippen molar-refractivity contribution in [3.63, 3.8) is 0 Å². The molecule has 0 bridgehead atoms. The van der Waals surface area contributed by atoms with Crippen molar-refractivity contribution in [2.45, 2.75) is 19.3 Å². The SMILES string of the molecule is COc1ccccc1C1C=CC(=C=O)C(=C=O)C1C1=CC=C(NC(C)=O)CC1=C=O. The van der Waals surface area contributed by atoms with Gasteiger partial charge in [-0.1, -0.05) is 30.4 Å². The van der Waals surface area contributed by atoms with Crippen molar-refractivity contribution in [2.24, 2.45) is 5.92 Å². The first-order valence-corrected chi connectivity index (χ1v) is 9.28. The van der Waals surface area contributed by atoms with Crippen molar-refractivity contribution in [2.75, 3.05) is 7.11 Å². The summed E-state index contributed by atoms with van der Waals surface area (Å²) in [4.78, 5) is 46.5. The molecule has 6 heteroatoms. The van der Waals surface area contributed by atoms with E-state index in [0.29, 0.717) is 22.6 Å². The minimum Gasteiger partial charge on any atom is -0.496 e. The maximum Gasteiger partial charge on any atom is 0.221 e. The molecule has 1 N–H and O–H groups in total. The molecule has 1 aromatic rings. The van der Waals surface area contributed by atoms with Gasteiger partial charge in [-0.15, -0.1) is 0 Å². The third-order valence-corrected chi connectivity index (χ3v) is 5.12. The Hall–Kier alpha value is -3.94. The highest BCUT2D eigenvalue weighted by molar-refractivity contribution is 5.81. The van der Waals surface area contributed by atoms with Gasteiger partial charge in [0.1, 0.15) is 23.6 Å². The Kier molecular flexibility index (Phi) is 6.26. The van der Waals surface area contributed by atoms with Gasteiger partial charge in [-0.2, -0.15) is 0 Å². The van der Waals surface area contributed by atoms with Gasteiger partial charge in [0.2, 0.25) is 5.91 Å². The highest BCUT2D eigenvalue weighted by atomic mass is 16.5. The van der Waals surface area contributed by atoms with Crippen molar-refractivity contribution >= 4 is 23.7 Å². The van der Waals surface area contributed by atoms with Crippen molar-refractivity contribution in [1.29, 1.82) is 0 Å². The molecule has 1 amide bonds. The van der Waals surface area contributed by atoms with Crippen molar-refractivity contribution < 1.29 is 23.9 Å². The number of nitrogens with one attached hydrogen (secondary N) is 1. The van der Waals surface area contributed by atoms with E-state index in [1.165, 1.54) is 13.0 Å². The topological polar surface area (TPSA) is 89.5 Å². The van der Waals surface area contributed by atoms with Gasteiger partial charge in [-0.05, 0) is 23.8 Å². The summed E-state index contributed by atoms with van der Waals surface area (Å²) in [6, 6.07) is 7.34. The average Bonchev–Trinajstić information content (AvgIpc) is 2.77. The molecule has 0 saturated heterocycles. The van der Waals surface area contributed by atoms with Crippen LogP contribution in [0.5, 0.6) is 5.75 Å². The number of hydrogen-bond donors (Lipinski definition) is 1. The zero-order valence-corrected chi connectivity index (χ0v) is 16.5. The second kappa shape index (κ2) is 9.04. The standard InChI is InChI=1S/C24H19NO5/c1-15(29)25-18-8-10-19(17(11-18)13-27)24-21(9-7-16(12-26)22(24)14-28)20-5-3-4-6-23(20)30-2/h3-10,21,24H,11H2,1-2H3,(H,25,29). The molecule has 0 saturated carbocycles. The zero-order valence-electron chi connectivity index (χ0n) is 16.5. The van der Waals surface area contributed by atoms with Crippen LogP contribution in [-0.4, -0.2) is 30.8 Å². The van der Waals surface area contributed by atoms with E-state index in [4.69, 9.17) is 4.74 Å². The van der Waals surface area contributed by atoms with E-state index in [9.17, 15) is 19.2 Å². The van der Waals surface area contributed by atoms with Gasteiger partial charge in [-0.3, -0.25) is 4.79 Å². The number of amides is 1. The summed E-state index contributed by atoms with van der Waals surface area (Å²) in [5.41, 5.74) is 2.36. The van der Waals surface area contributed by atoms with E-state index in [1.807, 2.05) is 30.1 Å². The lowest BCUT2D eigenvalue weighted by molar-refractivity contribution is -0.118. The summed E-state index contributed by atoms with van der Waals surface area (Å²) in [5, 5.41) is 2.67. The molecule has 0 heterocycles. The number of carbonyl (C=O) groups excluding carboxylic acids is 4. The fraction of sp³-hybridized carbons (Fsp3) is 0.208. The maximum absolute atomic E-state index is 11.9. The monoisotopic (exact) mass is 401 g/mol. The number of allylic oxidation sites excluding steroid dienone is 8. The lowest BCUT2D eigenvalue weighted by Gasteiger charge is -2.33. The first kappa shape index (κ1) is 20.8. The molecule has 0 aliphatic heterocycles. The first-order valence-electron chi connectivity index (χ1n) is 9.28. The lowest BCUT2D eigenvalue weighted by Crippen LogP contribution is -2.26. The zero-order chi connectivity index (χ0) is 21.7. The molecule has 150 valence electrons. The van der Waals surface area contributed by atoms with Crippen LogP contribution in [0.1, 0.15) is 24.8 Å². The first-order chi connectivity index (χ1) is 14.5. The highest BCUT2D eigenvalue weighted by Gasteiger charge is 2.37. The van der Waals surface area contributed by atoms with E-state index < -0.39 is 5.92 Å². The van der Waals surface area contributed by atoms with Crippen LogP contribution >= 0.6 is 0 Å². The Morgan fingerprint density at radius 1 is 1.10 bits per heavy atom. The Morgan fingerprint density at radius 2 is 1.87 bits per heavy atom. The predicted molar refractivity (Wildman–Crippen MR) is 111 cm³/mol. The van der Waals surface area contributed by atoms with E-state index in [-0.39, 0.29) is 29.4 Å². The molecule has 0 radical (unpaired) electrons. The van der Waals surface area contributed by atoms with Crippen LogP contribution in [0.25, 0.3) is 0 Å². The Labute approximate surface area is 173 Å². The van der Waals surface area contributed by atoms with Crippen molar-refractivity contribution in [1.82, 2.24) is 5.32 Å². The molecule has 2 unspecified atom stereocenters. The second-order valence-corrected chi connectivity index (χ2v) is 6.89. The van der Waals surface area contributed by atoms with Crippen LogP contribution in [0.2, 0.25) is 0 Å². The van der Waals surface area contributed by atoms with Gasteiger partial charge >= 0.3 is 0 Å². The molecule has 30 heavy (non-hydrogen) atoms. The molecular formula is C24H19NO5. The number of ether oxygens (including phenoxy) is 1. The third kappa shape index (κ3) is 3.93. The van der Waals surface area contributed by atoms with Gasteiger partial charge in [0.25, 0.3) is 0 Å². The fourth-order valence-electron chi connectivity index (χ4n) is 3.87. The summed E-state index contributed by atoms with van der Waals surface area (Å²) in [6.07, 6.45) is 6.83. The normalized spacial score (nSPS) is 20.4. The second-order valence-electron chi connectivity index (χ2n) is 6.89. The van der Waals surface area contributed by atoms with Gasteiger partial charge in [0, 0.05) is 42.0 Å². The molecule has 3 rings (SSSR count). The maximum atomic E-state index is 11.9.